The van der Waals surface area contributed by atoms with Gasteiger partial charge in [0.05, 0.1) is 35.9 Å². The molecule has 1 atom stereocenters. The van der Waals surface area contributed by atoms with Crippen LogP contribution in [0.5, 0.6) is 0 Å². The number of benzene rings is 1. The number of aliphatic hydroxyl groups excluding tert-OH is 1. The average molecular weight is 310 g/mol. The fourth-order valence-electron chi connectivity index (χ4n) is 2.08. The highest BCUT2D eigenvalue weighted by Gasteiger charge is 2.34. The number of nitrogens with one attached hydrogen (secondary N) is 2. The molecule has 1 unspecified atom stereocenters. The molecule has 0 bridgehead atoms. The maximum absolute atomic E-state index is 11.9. The van der Waals surface area contributed by atoms with Gasteiger partial charge in [-0.2, -0.15) is 5.26 Å². The molecular formula is C14H16ClN3O3. The van der Waals surface area contributed by atoms with E-state index in [0.717, 1.165) is 0 Å². The molecular weight excluding hydrogens is 294 g/mol. The van der Waals surface area contributed by atoms with E-state index in [1.165, 1.54) is 6.07 Å². The molecule has 21 heavy (non-hydrogen) atoms. The summed E-state index contributed by atoms with van der Waals surface area (Å²) in [6.45, 7) is 0.935. The molecule has 6 nitrogen and oxygen atoms in total. The third kappa shape index (κ3) is 3.93. The number of rotatable bonds is 5. The van der Waals surface area contributed by atoms with Crippen molar-refractivity contribution in [1.82, 2.24) is 5.32 Å². The number of carbonyl (C=O) groups is 1. The molecule has 0 saturated carbocycles. The first-order valence-electron chi connectivity index (χ1n) is 6.52. The van der Waals surface area contributed by atoms with Crippen molar-refractivity contribution < 1.29 is 14.6 Å². The van der Waals surface area contributed by atoms with Crippen LogP contribution in [0.1, 0.15) is 12.0 Å². The van der Waals surface area contributed by atoms with Gasteiger partial charge in [0.2, 0.25) is 5.91 Å². The van der Waals surface area contributed by atoms with E-state index in [0.29, 0.717) is 35.9 Å². The molecule has 1 aliphatic rings. The Morgan fingerprint density at radius 1 is 1.57 bits per heavy atom. The molecule has 2 rings (SSSR count). The zero-order valence-electron chi connectivity index (χ0n) is 11.4. The normalized spacial score (nSPS) is 21.0. The van der Waals surface area contributed by atoms with Gasteiger partial charge in [-0.3, -0.25) is 10.1 Å². The fourth-order valence-corrected chi connectivity index (χ4v) is 2.31. The molecule has 1 amide bonds. The number of hydrogen-bond donors (Lipinski definition) is 3. The molecule has 1 aromatic rings. The van der Waals surface area contributed by atoms with Crippen LogP contribution >= 0.6 is 11.6 Å². The van der Waals surface area contributed by atoms with Crippen LogP contribution in [0.2, 0.25) is 5.02 Å². The van der Waals surface area contributed by atoms with Crippen molar-refractivity contribution in [2.45, 2.75) is 12.0 Å². The second-order valence-electron chi connectivity index (χ2n) is 4.95. The van der Waals surface area contributed by atoms with Gasteiger partial charge in [-0.15, -0.1) is 0 Å². The van der Waals surface area contributed by atoms with Crippen LogP contribution in [0.3, 0.4) is 0 Å². The number of ether oxygens (including phenoxy) is 1. The van der Waals surface area contributed by atoms with E-state index < -0.39 is 5.54 Å². The van der Waals surface area contributed by atoms with E-state index in [1.54, 1.807) is 12.1 Å². The number of amides is 1. The van der Waals surface area contributed by atoms with Gasteiger partial charge in [-0.25, -0.2) is 0 Å². The molecule has 1 aromatic carbocycles. The monoisotopic (exact) mass is 309 g/mol. The SMILES string of the molecule is N#Cc1ccc(NC(=O)CNC2(CO)CCOC2)cc1Cl. The van der Waals surface area contributed by atoms with Gasteiger partial charge in [0.1, 0.15) is 6.07 Å². The highest BCUT2D eigenvalue weighted by atomic mass is 35.5. The standard InChI is InChI=1S/C14H16ClN3O3/c15-12-5-11(2-1-10(12)6-16)18-13(20)7-17-14(8-19)3-4-21-9-14/h1-2,5,17,19H,3-4,7-9H2,(H,18,20). The van der Waals surface area contributed by atoms with E-state index in [1.807, 2.05) is 6.07 Å². The Morgan fingerprint density at radius 3 is 2.95 bits per heavy atom. The maximum Gasteiger partial charge on any atom is 0.238 e. The number of carbonyl (C=O) groups excluding carboxylic acids is 1. The van der Waals surface area contributed by atoms with E-state index in [2.05, 4.69) is 10.6 Å². The number of aliphatic hydroxyl groups is 1. The predicted molar refractivity (Wildman–Crippen MR) is 78.1 cm³/mol. The Morgan fingerprint density at radius 2 is 2.38 bits per heavy atom. The summed E-state index contributed by atoms with van der Waals surface area (Å²) in [7, 11) is 0. The van der Waals surface area contributed by atoms with Crippen molar-refractivity contribution in [3.63, 3.8) is 0 Å². The van der Waals surface area contributed by atoms with Crippen molar-refractivity contribution in [3.05, 3.63) is 28.8 Å². The molecule has 0 aliphatic carbocycles. The summed E-state index contributed by atoms with van der Waals surface area (Å²) in [4.78, 5) is 11.9. The van der Waals surface area contributed by atoms with Crippen LogP contribution in [-0.4, -0.2) is 42.9 Å². The van der Waals surface area contributed by atoms with Crippen LogP contribution in [-0.2, 0) is 9.53 Å². The summed E-state index contributed by atoms with van der Waals surface area (Å²) in [5.74, 6) is -0.254. The molecule has 112 valence electrons. The van der Waals surface area contributed by atoms with Gasteiger partial charge < -0.3 is 15.2 Å². The summed E-state index contributed by atoms with van der Waals surface area (Å²) < 4.78 is 5.24. The Bertz CT molecular complexity index is 565. The fraction of sp³-hybridized carbons (Fsp3) is 0.429. The van der Waals surface area contributed by atoms with Gasteiger partial charge in [0.15, 0.2) is 0 Å². The second kappa shape index (κ2) is 6.87. The lowest BCUT2D eigenvalue weighted by Gasteiger charge is -2.25. The Hall–Kier alpha value is -1.65. The number of nitriles is 1. The van der Waals surface area contributed by atoms with Gasteiger partial charge in [-0.05, 0) is 24.6 Å². The molecule has 1 aliphatic heterocycles. The van der Waals surface area contributed by atoms with E-state index >= 15 is 0 Å². The zero-order valence-corrected chi connectivity index (χ0v) is 12.1. The summed E-state index contributed by atoms with van der Waals surface area (Å²) in [5.41, 5.74) is 0.335. The number of halogens is 1. The summed E-state index contributed by atoms with van der Waals surface area (Å²) >= 11 is 5.90. The maximum atomic E-state index is 11.9. The molecule has 0 aromatic heterocycles. The van der Waals surface area contributed by atoms with Crippen LogP contribution in [0, 0.1) is 11.3 Å². The van der Waals surface area contributed by atoms with Gasteiger partial charge in [0, 0.05) is 12.3 Å². The minimum absolute atomic E-state index is 0.0571. The molecule has 1 heterocycles. The van der Waals surface area contributed by atoms with Crippen molar-refractivity contribution in [1.29, 1.82) is 5.26 Å². The highest BCUT2D eigenvalue weighted by molar-refractivity contribution is 6.32. The van der Waals surface area contributed by atoms with E-state index in [9.17, 15) is 9.90 Å². The molecule has 7 heteroatoms. The number of nitrogens with zero attached hydrogens (tertiary/aromatic N) is 1. The average Bonchev–Trinajstić information content (AvgIpc) is 2.95. The quantitative estimate of drug-likeness (QED) is 0.751. The van der Waals surface area contributed by atoms with Crippen molar-refractivity contribution in [3.8, 4) is 6.07 Å². The van der Waals surface area contributed by atoms with Gasteiger partial charge in [-0.1, -0.05) is 11.6 Å². The minimum atomic E-state index is -0.542. The second-order valence-corrected chi connectivity index (χ2v) is 5.36. The molecule has 0 spiro atoms. The van der Waals surface area contributed by atoms with Crippen LogP contribution < -0.4 is 10.6 Å². The Kier molecular flexibility index (Phi) is 5.15. The van der Waals surface area contributed by atoms with Gasteiger partial charge in [0.25, 0.3) is 0 Å². The van der Waals surface area contributed by atoms with Crippen LogP contribution in [0.25, 0.3) is 0 Å². The first kappa shape index (κ1) is 15.7. The largest absolute Gasteiger partial charge is 0.394 e. The third-order valence-electron chi connectivity index (χ3n) is 3.40. The zero-order chi connectivity index (χ0) is 15.3. The van der Waals surface area contributed by atoms with E-state index in [-0.39, 0.29) is 19.1 Å². The highest BCUT2D eigenvalue weighted by Crippen LogP contribution is 2.20. The lowest BCUT2D eigenvalue weighted by Crippen LogP contribution is -2.51. The third-order valence-corrected chi connectivity index (χ3v) is 3.72. The van der Waals surface area contributed by atoms with Gasteiger partial charge >= 0.3 is 0 Å². The van der Waals surface area contributed by atoms with Crippen molar-refractivity contribution >= 4 is 23.2 Å². The van der Waals surface area contributed by atoms with Crippen LogP contribution in [0.15, 0.2) is 18.2 Å². The molecule has 1 saturated heterocycles. The number of hydrogen-bond acceptors (Lipinski definition) is 5. The topological polar surface area (TPSA) is 94.4 Å². The summed E-state index contributed by atoms with van der Waals surface area (Å²) in [6.07, 6.45) is 0.666. The van der Waals surface area contributed by atoms with E-state index in [4.69, 9.17) is 21.6 Å². The first-order valence-corrected chi connectivity index (χ1v) is 6.89. The number of anilines is 1. The summed E-state index contributed by atoms with van der Waals surface area (Å²) in [5, 5.41) is 24.2. The lowest BCUT2D eigenvalue weighted by atomic mass is 10.0. The predicted octanol–water partition coefficient (Wildman–Crippen LogP) is 0.891. The molecule has 3 N–H and O–H groups in total. The van der Waals surface area contributed by atoms with Crippen LogP contribution in [0.4, 0.5) is 5.69 Å². The minimum Gasteiger partial charge on any atom is -0.394 e. The first-order chi connectivity index (χ1) is 10.1. The Labute approximate surface area is 127 Å². The van der Waals surface area contributed by atoms with Crippen molar-refractivity contribution in [2.75, 3.05) is 31.7 Å². The smallest absolute Gasteiger partial charge is 0.238 e. The Balaban J connectivity index is 1.90. The molecule has 1 fully saturated rings. The summed E-state index contributed by atoms with van der Waals surface area (Å²) in [6, 6.07) is 6.64. The lowest BCUT2D eigenvalue weighted by molar-refractivity contribution is -0.115. The van der Waals surface area contributed by atoms with Crippen molar-refractivity contribution in [2.24, 2.45) is 0 Å². The molecule has 0 radical (unpaired) electrons.